The summed E-state index contributed by atoms with van der Waals surface area (Å²) in [5.74, 6) is 0.945. The Bertz CT molecular complexity index is 340. The van der Waals surface area contributed by atoms with Gasteiger partial charge in [-0.3, -0.25) is 4.68 Å². The lowest BCUT2D eigenvalue weighted by Gasteiger charge is -2.09. The first-order chi connectivity index (χ1) is 7.47. The van der Waals surface area contributed by atoms with Crippen LogP contribution in [0.5, 0.6) is 5.75 Å². The Morgan fingerprint density at radius 1 is 1.25 bits per heavy atom. The van der Waals surface area contributed by atoms with E-state index < -0.39 is 0 Å². The number of aromatic hydroxyl groups is 1. The van der Waals surface area contributed by atoms with Gasteiger partial charge in [0.1, 0.15) is 5.69 Å². The molecule has 0 bridgehead atoms. The van der Waals surface area contributed by atoms with E-state index in [1.165, 1.54) is 0 Å². The van der Waals surface area contributed by atoms with Crippen LogP contribution in [0.25, 0.3) is 0 Å². The maximum absolute atomic E-state index is 10.2. The molecule has 0 saturated carbocycles. The van der Waals surface area contributed by atoms with Gasteiger partial charge in [0, 0.05) is 6.04 Å². The Morgan fingerprint density at radius 2 is 1.88 bits per heavy atom. The first kappa shape index (κ1) is 13.1. The molecule has 0 aliphatic carbocycles. The lowest BCUT2D eigenvalue weighted by molar-refractivity contribution is 0.448. The molecule has 0 aliphatic heterocycles. The smallest absolute Gasteiger partial charge is 0.160 e. The van der Waals surface area contributed by atoms with Gasteiger partial charge in [0.25, 0.3) is 0 Å². The second kappa shape index (κ2) is 5.37. The molecule has 0 atom stereocenters. The molecular weight excluding hydrogens is 200 g/mol. The molecule has 1 rings (SSSR count). The lowest BCUT2D eigenvalue weighted by atomic mass is 10.1. The number of aromatic nitrogens is 2. The molecule has 0 radical (unpaired) electrons. The van der Waals surface area contributed by atoms with Crippen molar-refractivity contribution < 1.29 is 5.11 Å². The van der Waals surface area contributed by atoms with E-state index in [9.17, 15) is 5.11 Å². The van der Waals surface area contributed by atoms with E-state index in [0.717, 1.165) is 30.7 Å². The Labute approximate surface area is 98.5 Å². The first-order valence-electron chi connectivity index (χ1n) is 6.26. The van der Waals surface area contributed by atoms with Gasteiger partial charge in [-0.25, -0.2) is 0 Å². The number of nitrogens with zero attached hydrogens (tertiary/aromatic N) is 2. The molecular formula is C13H24N2O. The summed E-state index contributed by atoms with van der Waals surface area (Å²) in [5, 5.41) is 14.7. The summed E-state index contributed by atoms with van der Waals surface area (Å²) in [7, 11) is 0. The van der Waals surface area contributed by atoms with Crippen LogP contribution >= 0.6 is 0 Å². The second-order valence-corrected chi connectivity index (χ2v) is 5.13. The van der Waals surface area contributed by atoms with Crippen LogP contribution < -0.4 is 0 Å². The molecule has 0 amide bonds. The highest BCUT2D eigenvalue weighted by Gasteiger charge is 2.18. The van der Waals surface area contributed by atoms with Crippen LogP contribution in [-0.4, -0.2) is 14.9 Å². The van der Waals surface area contributed by atoms with E-state index >= 15 is 0 Å². The second-order valence-electron chi connectivity index (χ2n) is 5.13. The molecule has 1 aromatic rings. The van der Waals surface area contributed by atoms with Gasteiger partial charge in [0.2, 0.25) is 0 Å². The van der Waals surface area contributed by atoms with Crippen molar-refractivity contribution in [3.05, 3.63) is 11.4 Å². The Hall–Kier alpha value is -0.990. The van der Waals surface area contributed by atoms with Crippen LogP contribution in [0.1, 0.15) is 58.5 Å². The van der Waals surface area contributed by atoms with E-state index in [-0.39, 0.29) is 0 Å². The molecule has 1 heterocycles. The van der Waals surface area contributed by atoms with Crippen molar-refractivity contribution in [3.8, 4) is 5.75 Å². The average molecular weight is 224 g/mol. The standard InChI is InChI=1S/C13H24N2O/c1-6-7-12-13(16)11(8-9(2)3)14-15(12)10(4)5/h9-10,16H,6-8H2,1-5H3. The summed E-state index contributed by atoms with van der Waals surface area (Å²) < 4.78 is 1.97. The van der Waals surface area contributed by atoms with Crippen molar-refractivity contribution >= 4 is 0 Å². The molecule has 3 heteroatoms. The van der Waals surface area contributed by atoms with Crippen molar-refractivity contribution in [1.82, 2.24) is 9.78 Å². The minimum absolute atomic E-state index is 0.313. The number of hydrogen-bond donors (Lipinski definition) is 1. The molecule has 92 valence electrons. The molecule has 1 N–H and O–H groups in total. The van der Waals surface area contributed by atoms with Gasteiger partial charge in [-0.1, -0.05) is 27.2 Å². The van der Waals surface area contributed by atoms with E-state index in [1.807, 2.05) is 4.68 Å². The average Bonchev–Trinajstić information content (AvgIpc) is 2.46. The SMILES string of the molecule is CCCc1c(O)c(CC(C)C)nn1C(C)C. The summed E-state index contributed by atoms with van der Waals surface area (Å²) in [4.78, 5) is 0. The van der Waals surface area contributed by atoms with Crippen molar-refractivity contribution in [3.63, 3.8) is 0 Å². The van der Waals surface area contributed by atoms with Gasteiger partial charge in [-0.05, 0) is 32.6 Å². The van der Waals surface area contributed by atoms with Crippen LogP contribution in [0.3, 0.4) is 0 Å². The number of hydrogen-bond acceptors (Lipinski definition) is 2. The monoisotopic (exact) mass is 224 g/mol. The van der Waals surface area contributed by atoms with E-state index in [4.69, 9.17) is 0 Å². The van der Waals surface area contributed by atoms with E-state index in [0.29, 0.717) is 17.7 Å². The zero-order valence-electron chi connectivity index (χ0n) is 11.1. The molecule has 16 heavy (non-hydrogen) atoms. The van der Waals surface area contributed by atoms with Crippen LogP contribution in [0, 0.1) is 5.92 Å². The van der Waals surface area contributed by atoms with Crippen molar-refractivity contribution in [2.24, 2.45) is 5.92 Å². The molecule has 1 aromatic heterocycles. The first-order valence-corrected chi connectivity index (χ1v) is 6.26. The quantitative estimate of drug-likeness (QED) is 0.833. The molecule has 0 aliphatic rings. The third kappa shape index (κ3) is 2.77. The van der Waals surface area contributed by atoms with Gasteiger partial charge in [0.15, 0.2) is 5.75 Å². The van der Waals surface area contributed by atoms with Crippen LogP contribution in [-0.2, 0) is 12.8 Å². The number of rotatable bonds is 5. The molecule has 0 fully saturated rings. The lowest BCUT2D eigenvalue weighted by Crippen LogP contribution is -2.08. The minimum Gasteiger partial charge on any atom is -0.504 e. The van der Waals surface area contributed by atoms with Gasteiger partial charge in [-0.2, -0.15) is 5.10 Å². The normalized spacial score (nSPS) is 11.7. The Morgan fingerprint density at radius 3 is 2.31 bits per heavy atom. The van der Waals surface area contributed by atoms with E-state index in [1.54, 1.807) is 0 Å². The summed E-state index contributed by atoms with van der Waals surface area (Å²) in [6, 6.07) is 0.313. The fraction of sp³-hybridized carbons (Fsp3) is 0.769. The maximum atomic E-state index is 10.2. The molecule has 0 aromatic carbocycles. The third-order valence-electron chi connectivity index (χ3n) is 2.63. The highest BCUT2D eigenvalue weighted by atomic mass is 16.3. The Balaban J connectivity index is 3.08. The fourth-order valence-electron chi connectivity index (χ4n) is 1.93. The Kier molecular flexibility index (Phi) is 4.39. The van der Waals surface area contributed by atoms with Crippen LogP contribution in [0.15, 0.2) is 0 Å². The van der Waals surface area contributed by atoms with Crippen LogP contribution in [0.2, 0.25) is 0 Å². The minimum atomic E-state index is 0.313. The van der Waals surface area contributed by atoms with Crippen molar-refractivity contribution in [2.75, 3.05) is 0 Å². The van der Waals surface area contributed by atoms with Crippen molar-refractivity contribution in [1.29, 1.82) is 0 Å². The molecule has 3 nitrogen and oxygen atoms in total. The maximum Gasteiger partial charge on any atom is 0.160 e. The third-order valence-corrected chi connectivity index (χ3v) is 2.63. The van der Waals surface area contributed by atoms with Crippen LogP contribution in [0.4, 0.5) is 0 Å². The largest absolute Gasteiger partial charge is 0.504 e. The predicted molar refractivity (Wildman–Crippen MR) is 66.8 cm³/mol. The summed E-state index contributed by atoms with van der Waals surface area (Å²) >= 11 is 0. The van der Waals surface area contributed by atoms with Gasteiger partial charge in [-0.15, -0.1) is 0 Å². The van der Waals surface area contributed by atoms with Gasteiger partial charge in [0.05, 0.1) is 5.69 Å². The molecule has 0 unspecified atom stereocenters. The highest BCUT2D eigenvalue weighted by Crippen LogP contribution is 2.27. The summed E-state index contributed by atoms with van der Waals surface area (Å²) in [6.07, 6.45) is 2.78. The highest BCUT2D eigenvalue weighted by molar-refractivity contribution is 5.33. The molecule has 0 saturated heterocycles. The predicted octanol–water partition coefficient (Wildman–Crippen LogP) is 3.32. The molecule has 0 spiro atoms. The fourth-order valence-corrected chi connectivity index (χ4v) is 1.93. The zero-order valence-corrected chi connectivity index (χ0v) is 11.1. The van der Waals surface area contributed by atoms with E-state index in [2.05, 4.69) is 39.7 Å². The zero-order chi connectivity index (χ0) is 12.3. The topological polar surface area (TPSA) is 38.1 Å². The summed E-state index contributed by atoms with van der Waals surface area (Å²) in [6.45, 7) is 10.6. The van der Waals surface area contributed by atoms with Gasteiger partial charge < -0.3 is 5.11 Å². The van der Waals surface area contributed by atoms with Crippen molar-refractivity contribution in [2.45, 2.75) is 59.9 Å². The summed E-state index contributed by atoms with van der Waals surface area (Å²) in [5.41, 5.74) is 1.85. The van der Waals surface area contributed by atoms with Gasteiger partial charge >= 0.3 is 0 Å².